The van der Waals surface area contributed by atoms with Gasteiger partial charge in [-0.3, -0.25) is 4.98 Å². The number of pyridine rings is 1. The Morgan fingerprint density at radius 3 is 3.06 bits per heavy atom. The van der Waals surface area contributed by atoms with Crippen LogP contribution in [0.15, 0.2) is 18.3 Å². The molecule has 1 aromatic rings. The predicted molar refractivity (Wildman–Crippen MR) is 79.0 cm³/mol. The van der Waals surface area contributed by atoms with Gasteiger partial charge in [0.1, 0.15) is 4.99 Å². The third kappa shape index (κ3) is 2.97. The van der Waals surface area contributed by atoms with Crippen LogP contribution in [0.4, 0.5) is 5.69 Å². The zero-order chi connectivity index (χ0) is 13.1. The van der Waals surface area contributed by atoms with E-state index in [0.717, 1.165) is 12.2 Å². The maximum Gasteiger partial charge on any atom is 0.122 e. The molecule has 1 fully saturated rings. The smallest absolute Gasteiger partial charge is 0.122 e. The van der Waals surface area contributed by atoms with Gasteiger partial charge in [-0.05, 0) is 38.6 Å². The van der Waals surface area contributed by atoms with Gasteiger partial charge in [-0.15, -0.1) is 0 Å². The number of likely N-dealkylation sites (N-methyl/N-ethyl adjacent to an activating group) is 2. The normalized spacial score (nSPS) is 20.7. The SMILES string of the molecule is CN1CCCC(N(C)c2ccnc(C(N)=S)c2)C1. The molecule has 1 atom stereocenters. The molecule has 18 heavy (non-hydrogen) atoms. The fraction of sp³-hybridized carbons (Fsp3) is 0.538. The van der Waals surface area contributed by atoms with Crippen molar-refractivity contribution in [1.82, 2.24) is 9.88 Å². The Morgan fingerprint density at radius 2 is 2.39 bits per heavy atom. The standard InChI is InChI=1S/C13H20N4S/c1-16-7-3-4-11(9-16)17(2)10-5-6-15-12(8-10)13(14)18/h5-6,8,11H,3-4,7,9H2,1-2H3,(H2,14,18). The van der Waals surface area contributed by atoms with Gasteiger partial charge in [0.25, 0.3) is 0 Å². The molecule has 0 aromatic carbocycles. The van der Waals surface area contributed by atoms with E-state index in [0.29, 0.717) is 16.7 Å². The minimum atomic E-state index is 0.353. The van der Waals surface area contributed by atoms with Gasteiger partial charge in [0.2, 0.25) is 0 Å². The number of hydrogen-bond acceptors (Lipinski definition) is 4. The van der Waals surface area contributed by atoms with E-state index in [1.165, 1.54) is 19.4 Å². The summed E-state index contributed by atoms with van der Waals surface area (Å²) in [6.07, 6.45) is 4.25. The largest absolute Gasteiger partial charge is 0.388 e. The van der Waals surface area contributed by atoms with Crippen molar-refractivity contribution in [3.8, 4) is 0 Å². The van der Waals surface area contributed by atoms with E-state index in [1.807, 2.05) is 12.1 Å². The zero-order valence-corrected chi connectivity index (χ0v) is 11.8. The molecular weight excluding hydrogens is 244 g/mol. The van der Waals surface area contributed by atoms with Crippen molar-refractivity contribution in [2.24, 2.45) is 5.73 Å². The molecule has 1 saturated heterocycles. The molecule has 2 N–H and O–H groups in total. The lowest BCUT2D eigenvalue weighted by Gasteiger charge is -2.37. The fourth-order valence-corrected chi connectivity index (χ4v) is 2.55. The Hall–Kier alpha value is -1.20. The Balaban J connectivity index is 2.14. The molecule has 0 spiro atoms. The predicted octanol–water partition coefficient (Wildman–Crippen LogP) is 1.25. The number of likely N-dealkylation sites (tertiary alicyclic amines) is 1. The average molecular weight is 264 g/mol. The number of thiocarbonyl (C=S) groups is 1. The summed E-state index contributed by atoms with van der Waals surface area (Å²) in [5.41, 5.74) is 7.45. The van der Waals surface area contributed by atoms with Crippen molar-refractivity contribution in [1.29, 1.82) is 0 Å². The summed E-state index contributed by atoms with van der Waals surface area (Å²) < 4.78 is 0. The molecule has 0 radical (unpaired) electrons. The number of rotatable bonds is 3. The summed E-state index contributed by atoms with van der Waals surface area (Å²) in [4.78, 5) is 9.21. The monoisotopic (exact) mass is 264 g/mol. The van der Waals surface area contributed by atoms with E-state index in [1.54, 1.807) is 6.20 Å². The van der Waals surface area contributed by atoms with Crippen LogP contribution < -0.4 is 10.6 Å². The van der Waals surface area contributed by atoms with Crippen molar-refractivity contribution >= 4 is 22.9 Å². The number of hydrogen-bond donors (Lipinski definition) is 1. The molecule has 2 rings (SSSR count). The van der Waals surface area contributed by atoms with E-state index in [2.05, 4.69) is 28.9 Å². The van der Waals surface area contributed by atoms with Crippen LogP contribution in [0.1, 0.15) is 18.5 Å². The molecular formula is C13H20N4S. The molecule has 1 aliphatic rings. The molecule has 1 unspecified atom stereocenters. The Bertz CT molecular complexity index is 435. The second kappa shape index (κ2) is 5.63. The molecule has 0 bridgehead atoms. The average Bonchev–Trinajstić information content (AvgIpc) is 2.38. The molecule has 5 heteroatoms. The quantitative estimate of drug-likeness (QED) is 0.832. The summed E-state index contributed by atoms with van der Waals surface area (Å²) in [7, 11) is 4.30. The van der Waals surface area contributed by atoms with Crippen LogP contribution in [-0.4, -0.2) is 48.1 Å². The van der Waals surface area contributed by atoms with Crippen molar-refractivity contribution in [2.75, 3.05) is 32.1 Å². The lowest BCUT2D eigenvalue weighted by atomic mass is 10.0. The third-order valence-corrected chi connectivity index (χ3v) is 3.76. The molecule has 1 aliphatic heterocycles. The van der Waals surface area contributed by atoms with E-state index < -0.39 is 0 Å². The van der Waals surface area contributed by atoms with Gasteiger partial charge in [-0.2, -0.15) is 0 Å². The van der Waals surface area contributed by atoms with Crippen LogP contribution in [0.2, 0.25) is 0 Å². The molecule has 0 saturated carbocycles. The minimum Gasteiger partial charge on any atom is -0.388 e. The van der Waals surface area contributed by atoms with Crippen LogP contribution in [-0.2, 0) is 0 Å². The molecule has 1 aromatic heterocycles. The van der Waals surface area contributed by atoms with Gasteiger partial charge in [0, 0.05) is 31.5 Å². The maximum atomic E-state index is 5.63. The van der Waals surface area contributed by atoms with Crippen molar-refractivity contribution in [3.63, 3.8) is 0 Å². The van der Waals surface area contributed by atoms with Crippen LogP contribution in [0, 0.1) is 0 Å². The van der Waals surface area contributed by atoms with Crippen LogP contribution >= 0.6 is 12.2 Å². The lowest BCUT2D eigenvalue weighted by Crippen LogP contribution is -2.45. The van der Waals surface area contributed by atoms with Gasteiger partial charge >= 0.3 is 0 Å². The number of aromatic nitrogens is 1. The number of nitrogens with two attached hydrogens (primary N) is 1. The van der Waals surface area contributed by atoms with E-state index in [9.17, 15) is 0 Å². The summed E-state index contributed by atoms with van der Waals surface area (Å²) in [5.74, 6) is 0. The zero-order valence-electron chi connectivity index (χ0n) is 11.0. The summed E-state index contributed by atoms with van der Waals surface area (Å²) in [6, 6.07) is 4.53. The fourth-order valence-electron chi connectivity index (χ4n) is 2.44. The number of piperidine rings is 1. The third-order valence-electron chi connectivity index (χ3n) is 3.55. The summed E-state index contributed by atoms with van der Waals surface area (Å²) >= 11 is 4.97. The van der Waals surface area contributed by atoms with Gasteiger partial charge in [-0.25, -0.2) is 0 Å². The van der Waals surface area contributed by atoms with Gasteiger partial charge in [-0.1, -0.05) is 12.2 Å². The Morgan fingerprint density at radius 1 is 1.61 bits per heavy atom. The number of anilines is 1. The summed E-state index contributed by atoms with van der Waals surface area (Å²) in [5, 5.41) is 0. The van der Waals surface area contributed by atoms with Crippen LogP contribution in [0.5, 0.6) is 0 Å². The van der Waals surface area contributed by atoms with E-state index in [-0.39, 0.29) is 0 Å². The highest BCUT2D eigenvalue weighted by Gasteiger charge is 2.21. The first-order chi connectivity index (χ1) is 8.58. The van der Waals surface area contributed by atoms with E-state index >= 15 is 0 Å². The van der Waals surface area contributed by atoms with Crippen LogP contribution in [0.25, 0.3) is 0 Å². The van der Waals surface area contributed by atoms with Crippen LogP contribution in [0.3, 0.4) is 0 Å². The summed E-state index contributed by atoms with van der Waals surface area (Å²) in [6.45, 7) is 2.29. The molecule has 4 nitrogen and oxygen atoms in total. The van der Waals surface area contributed by atoms with E-state index in [4.69, 9.17) is 18.0 Å². The van der Waals surface area contributed by atoms with Crippen molar-refractivity contribution in [2.45, 2.75) is 18.9 Å². The minimum absolute atomic E-state index is 0.353. The first-order valence-electron chi connectivity index (χ1n) is 6.25. The lowest BCUT2D eigenvalue weighted by molar-refractivity contribution is 0.248. The highest BCUT2D eigenvalue weighted by Crippen LogP contribution is 2.21. The van der Waals surface area contributed by atoms with Gasteiger partial charge < -0.3 is 15.5 Å². The van der Waals surface area contributed by atoms with Crippen molar-refractivity contribution in [3.05, 3.63) is 24.0 Å². The molecule has 0 amide bonds. The van der Waals surface area contributed by atoms with Gasteiger partial charge in [0.15, 0.2) is 0 Å². The Kier molecular flexibility index (Phi) is 4.14. The first-order valence-corrected chi connectivity index (χ1v) is 6.66. The maximum absolute atomic E-state index is 5.63. The highest BCUT2D eigenvalue weighted by atomic mass is 32.1. The molecule has 2 heterocycles. The number of nitrogens with zero attached hydrogens (tertiary/aromatic N) is 3. The molecule has 98 valence electrons. The topological polar surface area (TPSA) is 45.4 Å². The second-order valence-electron chi connectivity index (χ2n) is 4.93. The van der Waals surface area contributed by atoms with Crippen molar-refractivity contribution < 1.29 is 0 Å². The Labute approximate surface area is 114 Å². The highest BCUT2D eigenvalue weighted by molar-refractivity contribution is 7.80. The molecule has 0 aliphatic carbocycles. The first kappa shape index (κ1) is 13.2. The second-order valence-corrected chi connectivity index (χ2v) is 5.37. The van der Waals surface area contributed by atoms with Gasteiger partial charge in [0.05, 0.1) is 5.69 Å².